The Hall–Kier alpha value is -1.58. The van der Waals surface area contributed by atoms with Crippen LogP contribution < -0.4 is 0 Å². The number of aromatic nitrogens is 2. The van der Waals surface area contributed by atoms with Crippen LogP contribution in [0.1, 0.15) is 0 Å². The van der Waals surface area contributed by atoms with Crippen molar-refractivity contribution in [3.05, 3.63) is 18.5 Å². The lowest BCUT2D eigenvalue weighted by molar-refractivity contribution is 0.273. The fourth-order valence-corrected chi connectivity index (χ4v) is 0.869. The van der Waals surface area contributed by atoms with E-state index in [0.717, 1.165) is 11.2 Å². The van der Waals surface area contributed by atoms with Crippen LogP contribution in [-0.2, 0) is 0 Å². The predicted molar refractivity (Wildman–Crippen MR) is 36.7 cm³/mol. The normalized spacial score (nSPS) is 10.4. The van der Waals surface area contributed by atoms with Crippen LogP contribution in [0.4, 0.5) is 5.69 Å². The molecule has 2 rings (SSSR count). The zero-order chi connectivity index (χ0) is 6.97. The summed E-state index contributed by atoms with van der Waals surface area (Å²) in [5, 5.41) is 3.57. The standard InChI is InChI=1S/C6H5N3O/c1-7-5-2-3-9-6(5)4-8-10-9/h2-4H,1H2. The van der Waals surface area contributed by atoms with Gasteiger partial charge in [0.2, 0.25) is 0 Å². The summed E-state index contributed by atoms with van der Waals surface area (Å²) in [4.78, 5) is 3.76. The first-order valence-corrected chi connectivity index (χ1v) is 2.81. The Bertz CT molecular complexity index is 360. The summed E-state index contributed by atoms with van der Waals surface area (Å²) in [5.41, 5.74) is 1.64. The van der Waals surface area contributed by atoms with Crippen molar-refractivity contribution >= 4 is 17.9 Å². The highest BCUT2D eigenvalue weighted by Crippen LogP contribution is 2.19. The van der Waals surface area contributed by atoms with Gasteiger partial charge in [0.25, 0.3) is 0 Å². The van der Waals surface area contributed by atoms with E-state index in [1.807, 2.05) is 6.07 Å². The summed E-state index contributed by atoms with van der Waals surface area (Å²) < 4.78 is 6.31. The van der Waals surface area contributed by atoms with Gasteiger partial charge in [-0.15, -0.1) is 0 Å². The maximum atomic E-state index is 4.78. The quantitative estimate of drug-likeness (QED) is 0.552. The van der Waals surface area contributed by atoms with Gasteiger partial charge in [-0.05, 0) is 12.8 Å². The van der Waals surface area contributed by atoms with Gasteiger partial charge in [-0.25, -0.2) is 0 Å². The van der Waals surface area contributed by atoms with Crippen LogP contribution in [0, 0.1) is 0 Å². The summed E-state index contributed by atoms with van der Waals surface area (Å²) in [6.07, 6.45) is 3.34. The van der Waals surface area contributed by atoms with E-state index in [-0.39, 0.29) is 0 Å². The monoisotopic (exact) mass is 135 g/mol. The molecule has 0 bridgehead atoms. The summed E-state index contributed by atoms with van der Waals surface area (Å²) in [7, 11) is 0. The van der Waals surface area contributed by atoms with Crippen LogP contribution in [0.5, 0.6) is 0 Å². The van der Waals surface area contributed by atoms with Gasteiger partial charge in [-0.2, -0.15) is 4.57 Å². The summed E-state index contributed by atoms with van der Waals surface area (Å²) >= 11 is 0. The van der Waals surface area contributed by atoms with Crippen molar-refractivity contribution in [2.75, 3.05) is 0 Å². The number of fused-ring (bicyclic) bond motifs is 1. The predicted octanol–water partition coefficient (Wildman–Crippen LogP) is 1.26. The summed E-state index contributed by atoms with van der Waals surface area (Å²) in [5.74, 6) is 0. The van der Waals surface area contributed by atoms with Gasteiger partial charge < -0.3 is 0 Å². The summed E-state index contributed by atoms with van der Waals surface area (Å²) in [6, 6.07) is 1.81. The molecule has 0 amide bonds. The van der Waals surface area contributed by atoms with Crippen LogP contribution in [0.2, 0.25) is 0 Å². The maximum absolute atomic E-state index is 4.78. The molecular formula is C6H5N3O. The van der Waals surface area contributed by atoms with Crippen molar-refractivity contribution < 1.29 is 4.63 Å². The Balaban J connectivity index is 2.88. The zero-order valence-corrected chi connectivity index (χ0v) is 5.19. The Morgan fingerprint density at radius 1 is 1.70 bits per heavy atom. The van der Waals surface area contributed by atoms with E-state index in [2.05, 4.69) is 16.9 Å². The van der Waals surface area contributed by atoms with Crippen molar-refractivity contribution in [3.63, 3.8) is 0 Å². The minimum atomic E-state index is 0.793. The molecule has 0 aliphatic carbocycles. The highest BCUT2D eigenvalue weighted by Gasteiger charge is 2.00. The molecule has 0 unspecified atom stereocenters. The van der Waals surface area contributed by atoms with E-state index < -0.39 is 0 Å². The van der Waals surface area contributed by atoms with Crippen LogP contribution in [0.3, 0.4) is 0 Å². The fourth-order valence-electron chi connectivity index (χ4n) is 0.869. The lowest BCUT2D eigenvalue weighted by Crippen LogP contribution is -1.67. The molecule has 4 nitrogen and oxygen atoms in total. The average Bonchev–Trinajstić information content (AvgIpc) is 2.44. The number of rotatable bonds is 1. The molecule has 2 aromatic heterocycles. The number of hydrogen-bond donors (Lipinski definition) is 0. The van der Waals surface area contributed by atoms with Gasteiger partial charge in [0, 0.05) is 6.20 Å². The SMILES string of the molecule is C=Nc1ccn2oncc12. The third kappa shape index (κ3) is 0.500. The smallest absolute Gasteiger partial charge is 0.130 e. The van der Waals surface area contributed by atoms with Crippen molar-refractivity contribution in [2.24, 2.45) is 4.99 Å². The Labute approximate surface area is 56.7 Å². The highest BCUT2D eigenvalue weighted by atomic mass is 16.6. The second kappa shape index (κ2) is 1.70. The number of hydrogen-bond acceptors (Lipinski definition) is 3. The van der Waals surface area contributed by atoms with Gasteiger partial charge in [0.15, 0.2) is 0 Å². The average molecular weight is 135 g/mol. The molecule has 10 heavy (non-hydrogen) atoms. The second-order valence-electron chi connectivity index (χ2n) is 1.89. The van der Waals surface area contributed by atoms with Gasteiger partial charge in [0.1, 0.15) is 5.52 Å². The minimum Gasteiger partial charge on any atom is -0.263 e. The Morgan fingerprint density at radius 3 is 3.40 bits per heavy atom. The topological polar surface area (TPSA) is 42.8 Å². The lowest BCUT2D eigenvalue weighted by Gasteiger charge is -1.78. The van der Waals surface area contributed by atoms with E-state index >= 15 is 0 Å². The van der Waals surface area contributed by atoms with E-state index in [4.69, 9.17) is 4.63 Å². The zero-order valence-electron chi connectivity index (χ0n) is 5.19. The van der Waals surface area contributed by atoms with E-state index in [0.29, 0.717) is 0 Å². The molecule has 2 aromatic rings. The molecular weight excluding hydrogens is 130 g/mol. The third-order valence-corrected chi connectivity index (χ3v) is 1.35. The van der Waals surface area contributed by atoms with Crippen LogP contribution in [0.25, 0.3) is 5.52 Å². The molecule has 0 aromatic carbocycles. The highest BCUT2D eigenvalue weighted by molar-refractivity contribution is 5.69. The molecule has 2 heterocycles. The minimum absolute atomic E-state index is 0.793. The molecule has 0 aliphatic heterocycles. The third-order valence-electron chi connectivity index (χ3n) is 1.35. The fraction of sp³-hybridized carbons (Fsp3) is 0. The van der Waals surface area contributed by atoms with Gasteiger partial charge in [0.05, 0.1) is 11.9 Å². The van der Waals surface area contributed by atoms with Gasteiger partial charge in [-0.3, -0.25) is 9.62 Å². The van der Waals surface area contributed by atoms with Crippen LogP contribution >= 0.6 is 0 Å². The van der Waals surface area contributed by atoms with E-state index in [1.54, 1.807) is 12.4 Å². The number of nitrogens with zero attached hydrogens (tertiary/aromatic N) is 3. The largest absolute Gasteiger partial charge is 0.263 e. The first kappa shape index (κ1) is 5.22. The van der Waals surface area contributed by atoms with Gasteiger partial charge >= 0.3 is 0 Å². The molecule has 50 valence electrons. The van der Waals surface area contributed by atoms with Crippen molar-refractivity contribution in [1.82, 2.24) is 9.73 Å². The first-order chi connectivity index (χ1) is 4.92. The lowest BCUT2D eigenvalue weighted by atomic mass is 10.5. The molecule has 0 atom stereocenters. The first-order valence-electron chi connectivity index (χ1n) is 2.81. The summed E-state index contributed by atoms with van der Waals surface area (Å²) in [6.45, 7) is 3.40. The molecule has 4 heteroatoms. The molecule has 0 N–H and O–H groups in total. The van der Waals surface area contributed by atoms with Gasteiger partial charge in [-0.1, -0.05) is 5.16 Å². The molecule has 0 radical (unpaired) electrons. The van der Waals surface area contributed by atoms with Crippen LogP contribution in [0.15, 0.2) is 28.1 Å². The van der Waals surface area contributed by atoms with Crippen molar-refractivity contribution in [1.29, 1.82) is 0 Å². The maximum Gasteiger partial charge on any atom is 0.130 e. The van der Waals surface area contributed by atoms with E-state index in [1.165, 1.54) is 4.57 Å². The Morgan fingerprint density at radius 2 is 2.60 bits per heavy atom. The second-order valence-corrected chi connectivity index (χ2v) is 1.89. The number of aliphatic imine (C=N–C) groups is 1. The molecule has 0 saturated carbocycles. The van der Waals surface area contributed by atoms with Crippen molar-refractivity contribution in [3.8, 4) is 0 Å². The van der Waals surface area contributed by atoms with E-state index in [9.17, 15) is 0 Å². The van der Waals surface area contributed by atoms with Crippen LogP contribution in [-0.4, -0.2) is 16.4 Å². The molecule has 0 spiro atoms. The molecule has 0 fully saturated rings. The molecule has 0 saturated heterocycles. The molecule has 0 aliphatic rings. The Kier molecular flexibility index (Phi) is 0.887. The van der Waals surface area contributed by atoms with Crippen molar-refractivity contribution in [2.45, 2.75) is 0 Å².